The van der Waals surface area contributed by atoms with Gasteiger partial charge in [0.15, 0.2) is 11.5 Å². The Labute approximate surface area is 102 Å². The largest absolute Gasteiger partial charge is 0.493 e. The smallest absolute Gasteiger partial charge is 0.161 e. The Morgan fingerprint density at radius 1 is 0.706 bits per heavy atom. The minimum absolute atomic E-state index is 0.753. The lowest BCUT2D eigenvalue weighted by atomic mass is 10.0. The molecule has 0 aliphatic rings. The standard InChI is InChI=1S/C15H16O2/c1-11-4-6-12(7-5-11)13-8-9-14(16-2)15(10-13)17-3/h4-10H,1-3H3. The topological polar surface area (TPSA) is 18.5 Å². The quantitative estimate of drug-likeness (QED) is 0.797. The second-order valence-corrected chi connectivity index (χ2v) is 3.94. The van der Waals surface area contributed by atoms with Crippen molar-refractivity contribution in [1.82, 2.24) is 0 Å². The van der Waals surface area contributed by atoms with Gasteiger partial charge in [0.1, 0.15) is 0 Å². The molecule has 0 atom stereocenters. The lowest BCUT2D eigenvalue weighted by molar-refractivity contribution is 0.355. The monoisotopic (exact) mass is 228 g/mol. The first-order valence-corrected chi connectivity index (χ1v) is 5.53. The summed E-state index contributed by atoms with van der Waals surface area (Å²) in [6.45, 7) is 2.08. The molecule has 88 valence electrons. The molecule has 2 nitrogen and oxygen atoms in total. The van der Waals surface area contributed by atoms with Gasteiger partial charge in [0.05, 0.1) is 14.2 Å². The van der Waals surface area contributed by atoms with Crippen molar-refractivity contribution in [1.29, 1.82) is 0 Å². The zero-order valence-electron chi connectivity index (χ0n) is 10.4. The Morgan fingerprint density at radius 3 is 1.88 bits per heavy atom. The van der Waals surface area contributed by atoms with Crippen LogP contribution < -0.4 is 9.47 Å². The number of hydrogen-bond acceptors (Lipinski definition) is 2. The van der Waals surface area contributed by atoms with E-state index in [0.29, 0.717) is 0 Å². The van der Waals surface area contributed by atoms with Crippen LogP contribution >= 0.6 is 0 Å². The van der Waals surface area contributed by atoms with Gasteiger partial charge in [-0.25, -0.2) is 0 Å². The number of benzene rings is 2. The average molecular weight is 228 g/mol. The summed E-state index contributed by atoms with van der Waals surface area (Å²) in [6.07, 6.45) is 0. The summed E-state index contributed by atoms with van der Waals surface area (Å²) >= 11 is 0. The number of hydrogen-bond donors (Lipinski definition) is 0. The van der Waals surface area contributed by atoms with Crippen LogP contribution in [0.5, 0.6) is 11.5 Å². The third kappa shape index (κ3) is 2.41. The summed E-state index contributed by atoms with van der Waals surface area (Å²) in [5.74, 6) is 1.51. The predicted molar refractivity (Wildman–Crippen MR) is 69.7 cm³/mol. The zero-order valence-corrected chi connectivity index (χ0v) is 10.4. The SMILES string of the molecule is COc1ccc(-c2ccc(C)cc2)cc1OC. The van der Waals surface area contributed by atoms with Crippen LogP contribution in [0, 0.1) is 6.92 Å². The first-order chi connectivity index (χ1) is 8.24. The Hall–Kier alpha value is -1.96. The highest BCUT2D eigenvalue weighted by atomic mass is 16.5. The van der Waals surface area contributed by atoms with Crippen LogP contribution in [0.25, 0.3) is 11.1 Å². The summed E-state index contributed by atoms with van der Waals surface area (Å²) in [6, 6.07) is 14.4. The molecule has 0 radical (unpaired) electrons. The number of ether oxygens (including phenoxy) is 2. The summed E-state index contributed by atoms with van der Waals surface area (Å²) in [4.78, 5) is 0. The van der Waals surface area contributed by atoms with Crippen molar-refractivity contribution in [3.63, 3.8) is 0 Å². The van der Waals surface area contributed by atoms with Crippen LogP contribution in [0.3, 0.4) is 0 Å². The molecule has 0 saturated carbocycles. The third-order valence-electron chi connectivity index (χ3n) is 2.77. The van der Waals surface area contributed by atoms with E-state index in [4.69, 9.17) is 9.47 Å². The molecule has 2 aromatic carbocycles. The Balaban J connectivity index is 2.42. The molecule has 0 aliphatic heterocycles. The van der Waals surface area contributed by atoms with E-state index in [9.17, 15) is 0 Å². The van der Waals surface area contributed by atoms with Gasteiger partial charge >= 0.3 is 0 Å². The molecule has 0 heterocycles. The first-order valence-electron chi connectivity index (χ1n) is 5.53. The summed E-state index contributed by atoms with van der Waals surface area (Å²) in [5, 5.41) is 0. The van der Waals surface area contributed by atoms with Crippen molar-refractivity contribution in [2.45, 2.75) is 6.92 Å². The van der Waals surface area contributed by atoms with E-state index in [1.165, 1.54) is 11.1 Å². The second kappa shape index (κ2) is 4.91. The second-order valence-electron chi connectivity index (χ2n) is 3.94. The molecule has 0 fully saturated rings. The van der Waals surface area contributed by atoms with Crippen LogP contribution in [0.15, 0.2) is 42.5 Å². The Bertz CT molecular complexity index is 501. The fraction of sp³-hybridized carbons (Fsp3) is 0.200. The van der Waals surface area contributed by atoms with E-state index in [2.05, 4.69) is 31.2 Å². The van der Waals surface area contributed by atoms with Crippen LogP contribution in [0.1, 0.15) is 5.56 Å². The van der Waals surface area contributed by atoms with Crippen molar-refractivity contribution < 1.29 is 9.47 Å². The average Bonchev–Trinajstić information content (AvgIpc) is 2.39. The van der Waals surface area contributed by atoms with E-state index in [1.807, 2.05) is 18.2 Å². The van der Waals surface area contributed by atoms with E-state index in [0.717, 1.165) is 17.1 Å². The highest BCUT2D eigenvalue weighted by Crippen LogP contribution is 2.32. The van der Waals surface area contributed by atoms with Gasteiger partial charge in [-0.1, -0.05) is 35.9 Å². The molecule has 2 rings (SSSR count). The molecule has 0 amide bonds. The molecule has 2 aromatic rings. The molecule has 0 aromatic heterocycles. The van der Waals surface area contributed by atoms with Crippen LogP contribution in [0.2, 0.25) is 0 Å². The summed E-state index contributed by atoms with van der Waals surface area (Å²) < 4.78 is 10.5. The molecule has 0 saturated heterocycles. The van der Waals surface area contributed by atoms with Gasteiger partial charge in [-0.2, -0.15) is 0 Å². The Morgan fingerprint density at radius 2 is 1.29 bits per heavy atom. The zero-order chi connectivity index (χ0) is 12.3. The first kappa shape index (κ1) is 11.5. The van der Waals surface area contributed by atoms with E-state index >= 15 is 0 Å². The van der Waals surface area contributed by atoms with Gasteiger partial charge < -0.3 is 9.47 Å². The molecule has 0 unspecified atom stereocenters. The van der Waals surface area contributed by atoms with Crippen LogP contribution in [-0.4, -0.2) is 14.2 Å². The molecule has 0 spiro atoms. The van der Waals surface area contributed by atoms with Gasteiger partial charge in [0.25, 0.3) is 0 Å². The summed E-state index contributed by atoms with van der Waals surface area (Å²) in [5.41, 5.74) is 3.56. The van der Waals surface area contributed by atoms with E-state index < -0.39 is 0 Å². The highest BCUT2D eigenvalue weighted by molar-refractivity contribution is 5.67. The molecule has 2 heteroatoms. The van der Waals surface area contributed by atoms with Crippen molar-refractivity contribution >= 4 is 0 Å². The number of aryl methyl sites for hydroxylation is 1. The van der Waals surface area contributed by atoms with Crippen molar-refractivity contribution in [2.24, 2.45) is 0 Å². The van der Waals surface area contributed by atoms with Gasteiger partial charge in [-0.15, -0.1) is 0 Å². The number of methoxy groups -OCH3 is 2. The van der Waals surface area contributed by atoms with Crippen LogP contribution in [0.4, 0.5) is 0 Å². The fourth-order valence-corrected chi connectivity index (χ4v) is 1.76. The van der Waals surface area contributed by atoms with E-state index in [1.54, 1.807) is 14.2 Å². The maximum Gasteiger partial charge on any atom is 0.161 e. The maximum atomic E-state index is 5.30. The third-order valence-corrected chi connectivity index (χ3v) is 2.77. The highest BCUT2D eigenvalue weighted by Gasteiger charge is 2.05. The van der Waals surface area contributed by atoms with E-state index in [-0.39, 0.29) is 0 Å². The van der Waals surface area contributed by atoms with Crippen molar-refractivity contribution in [2.75, 3.05) is 14.2 Å². The normalized spacial score (nSPS) is 10.1. The lowest BCUT2D eigenvalue weighted by Gasteiger charge is -2.09. The lowest BCUT2D eigenvalue weighted by Crippen LogP contribution is -1.90. The van der Waals surface area contributed by atoms with Crippen molar-refractivity contribution in [3.8, 4) is 22.6 Å². The molecular weight excluding hydrogens is 212 g/mol. The van der Waals surface area contributed by atoms with Crippen LogP contribution in [-0.2, 0) is 0 Å². The minimum Gasteiger partial charge on any atom is -0.493 e. The van der Waals surface area contributed by atoms with Gasteiger partial charge in [-0.3, -0.25) is 0 Å². The fourth-order valence-electron chi connectivity index (χ4n) is 1.76. The molecule has 0 bridgehead atoms. The minimum atomic E-state index is 0.753. The predicted octanol–water partition coefficient (Wildman–Crippen LogP) is 3.68. The molecular formula is C15H16O2. The van der Waals surface area contributed by atoms with Gasteiger partial charge in [-0.05, 0) is 30.2 Å². The Kier molecular flexibility index (Phi) is 3.33. The molecule has 17 heavy (non-hydrogen) atoms. The van der Waals surface area contributed by atoms with Crippen molar-refractivity contribution in [3.05, 3.63) is 48.0 Å². The van der Waals surface area contributed by atoms with Gasteiger partial charge in [0.2, 0.25) is 0 Å². The molecule has 0 N–H and O–H groups in total. The number of rotatable bonds is 3. The summed E-state index contributed by atoms with van der Waals surface area (Å²) in [7, 11) is 3.29. The maximum absolute atomic E-state index is 5.30. The molecule has 0 aliphatic carbocycles. The van der Waals surface area contributed by atoms with Gasteiger partial charge in [0, 0.05) is 0 Å².